The Labute approximate surface area is 115 Å². The van der Waals surface area contributed by atoms with Crippen molar-refractivity contribution in [2.24, 2.45) is 5.73 Å². The molecule has 19 heavy (non-hydrogen) atoms. The molecular weight excluding hydrogens is 268 g/mol. The first-order valence-electron chi connectivity index (χ1n) is 5.79. The van der Waals surface area contributed by atoms with Crippen LogP contribution in [0.3, 0.4) is 0 Å². The molecule has 0 saturated carbocycles. The lowest BCUT2D eigenvalue weighted by Crippen LogP contribution is -2.30. The van der Waals surface area contributed by atoms with Crippen LogP contribution in [0.1, 0.15) is 17.8 Å². The second kappa shape index (κ2) is 7.15. The van der Waals surface area contributed by atoms with Crippen molar-refractivity contribution in [1.29, 1.82) is 0 Å². The molecule has 1 heterocycles. The Bertz CT molecular complexity index is 441. The summed E-state index contributed by atoms with van der Waals surface area (Å²) in [5, 5.41) is 18.1. The van der Waals surface area contributed by atoms with Crippen LogP contribution >= 0.6 is 11.8 Å². The van der Waals surface area contributed by atoms with Gasteiger partial charge >= 0.3 is 5.97 Å². The molecule has 0 saturated heterocycles. The van der Waals surface area contributed by atoms with Gasteiger partial charge in [-0.05, 0) is 26.0 Å². The molecule has 1 atom stereocenters. The van der Waals surface area contributed by atoms with Gasteiger partial charge in [0.15, 0.2) is 0 Å². The van der Waals surface area contributed by atoms with Crippen LogP contribution in [0.5, 0.6) is 0 Å². The van der Waals surface area contributed by atoms with Crippen molar-refractivity contribution in [3.8, 4) is 0 Å². The van der Waals surface area contributed by atoms with Crippen LogP contribution in [0.15, 0.2) is 0 Å². The van der Waals surface area contributed by atoms with Gasteiger partial charge in [0.25, 0.3) is 0 Å². The molecule has 1 amide bonds. The number of aryl methyl sites for hydroxylation is 2. The highest BCUT2D eigenvalue weighted by Crippen LogP contribution is 2.16. The Morgan fingerprint density at radius 3 is 2.74 bits per heavy atom. The quantitative estimate of drug-likeness (QED) is 0.542. The van der Waals surface area contributed by atoms with Gasteiger partial charge in [-0.1, -0.05) is 0 Å². The molecular formula is C11H18N4O3S. The number of carboxylic acid groups (broad SMARTS) is 1. The first-order valence-corrected chi connectivity index (χ1v) is 6.94. The van der Waals surface area contributed by atoms with Crippen LogP contribution < -0.4 is 11.1 Å². The molecule has 0 radical (unpaired) electrons. The molecule has 0 aliphatic carbocycles. The van der Waals surface area contributed by atoms with Crippen LogP contribution in [0.4, 0.5) is 5.69 Å². The second-order valence-electron chi connectivity index (χ2n) is 4.14. The smallest absolute Gasteiger partial charge is 0.320 e. The first kappa shape index (κ1) is 15.5. The minimum atomic E-state index is -1.02. The van der Waals surface area contributed by atoms with Crippen molar-refractivity contribution in [3.05, 3.63) is 11.4 Å². The molecule has 106 valence electrons. The van der Waals surface area contributed by atoms with E-state index in [4.69, 9.17) is 10.8 Å². The zero-order chi connectivity index (χ0) is 14.4. The van der Waals surface area contributed by atoms with E-state index in [1.807, 2.05) is 6.92 Å². The van der Waals surface area contributed by atoms with E-state index in [0.29, 0.717) is 17.9 Å². The number of anilines is 1. The second-order valence-corrected chi connectivity index (χ2v) is 5.25. The number of aromatic nitrogens is 2. The molecule has 0 bridgehead atoms. The summed E-state index contributed by atoms with van der Waals surface area (Å²) in [5.41, 5.74) is 7.61. The van der Waals surface area contributed by atoms with Crippen LogP contribution in [0, 0.1) is 13.8 Å². The minimum Gasteiger partial charge on any atom is -0.480 e. The fourth-order valence-corrected chi connectivity index (χ4v) is 2.23. The number of aromatic amines is 1. The summed E-state index contributed by atoms with van der Waals surface area (Å²) in [6, 6.07) is -0.867. The molecule has 0 aromatic carbocycles. The van der Waals surface area contributed by atoms with E-state index in [2.05, 4.69) is 15.5 Å². The molecule has 1 rings (SSSR count). The number of carbonyl (C=O) groups excluding carboxylic acids is 1. The standard InChI is InChI=1S/C11H18N4O3S/c1-6-10(7(2)15-14-6)13-9(16)5-19-4-3-8(12)11(17)18/h8H,3-5,12H2,1-2H3,(H,13,16)(H,14,15)(H,17,18). The number of nitrogens with zero attached hydrogens (tertiary/aromatic N) is 1. The highest BCUT2D eigenvalue weighted by molar-refractivity contribution is 7.99. The Hall–Kier alpha value is -1.54. The van der Waals surface area contributed by atoms with E-state index < -0.39 is 12.0 Å². The summed E-state index contributed by atoms with van der Waals surface area (Å²) in [5.74, 6) is -0.364. The van der Waals surface area contributed by atoms with Gasteiger partial charge in [0.2, 0.25) is 5.91 Å². The maximum absolute atomic E-state index is 11.7. The molecule has 0 fully saturated rings. The van der Waals surface area contributed by atoms with Crippen LogP contribution in [-0.4, -0.2) is 44.7 Å². The molecule has 1 aromatic rings. The van der Waals surface area contributed by atoms with Gasteiger partial charge in [-0.3, -0.25) is 14.7 Å². The number of H-pyrrole nitrogens is 1. The number of hydrogen-bond acceptors (Lipinski definition) is 5. The van der Waals surface area contributed by atoms with Crippen molar-refractivity contribution in [2.75, 3.05) is 16.8 Å². The lowest BCUT2D eigenvalue weighted by molar-refractivity contribution is -0.138. The lowest BCUT2D eigenvalue weighted by Gasteiger charge is -2.07. The Balaban J connectivity index is 2.27. The van der Waals surface area contributed by atoms with Gasteiger partial charge in [0.1, 0.15) is 6.04 Å². The van der Waals surface area contributed by atoms with Gasteiger partial charge in [0, 0.05) is 0 Å². The molecule has 8 heteroatoms. The van der Waals surface area contributed by atoms with E-state index in [-0.39, 0.29) is 11.7 Å². The number of rotatable bonds is 7. The summed E-state index contributed by atoms with van der Waals surface area (Å²) in [6.07, 6.45) is 0.344. The predicted molar refractivity (Wildman–Crippen MR) is 74.2 cm³/mol. The molecule has 0 aliphatic rings. The van der Waals surface area contributed by atoms with Crippen molar-refractivity contribution >= 4 is 29.3 Å². The third-order valence-corrected chi connectivity index (χ3v) is 3.51. The summed E-state index contributed by atoms with van der Waals surface area (Å²) in [7, 11) is 0. The van der Waals surface area contributed by atoms with Crippen molar-refractivity contribution in [1.82, 2.24) is 10.2 Å². The van der Waals surface area contributed by atoms with Crippen molar-refractivity contribution in [3.63, 3.8) is 0 Å². The van der Waals surface area contributed by atoms with Gasteiger partial charge < -0.3 is 16.2 Å². The number of nitrogens with one attached hydrogen (secondary N) is 2. The van der Waals surface area contributed by atoms with Crippen molar-refractivity contribution < 1.29 is 14.7 Å². The Kier molecular flexibility index (Phi) is 5.84. The molecule has 5 N–H and O–H groups in total. The average molecular weight is 286 g/mol. The lowest BCUT2D eigenvalue weighted by atomic mass is 10.2. The number of hydrogen-bond donors (Lipinski definition) is 4. The fourth-order valence-electron chi connectivity index (χ4n) is 1.41. The molecule has 7 nitrogen and oxygen atoms in total. The highest BCUT2D eigenvalue weighted by Gasteiger charge is 2.12. The summed E-state index contributed by atoms with van der Waals surface area (Å²) < 4.78 is 0. The third kappa shape index (κ3) is 4.92. The number of thioether (sulfide) groups is 1. The number of carbonyl (C=O) groups is 2. The number of nitrogens with two attached hydrogens (primary N) is 1. The summed E-state index contributed by atoms with van der Waals surface area (Å²) in [4.78, 5) is 22.2. The first-order chi connectivity index (χ1) is 8.91. The number of carboxylic acids is 1. The topological polar surface area (TPSA) is 121 Å². The normalized spacial score (nSPS) is 12.2. The zero-order valence-electron chi connectivity index (χ0n) is 10.9. The van der Waals surface area contributed by atoms with E-state index in [0.717, 1.165) is 11.4 Å². The monoisotopic (exact) mass is 286 g/mol. The molecule has 0 spiro atoms. The highest BCUT2D eigenvalue weighted by atomic mass is 32.2. The SMILES string of the molecule is Cc1n[nH]c(C)c1NC(=O)CSCCC(N)C(=O)O. The van der Waals surface area contributed by atoms with Crippen molar-refractivity contribution in [2.45, 2.75) is 26.3 Å². The number of amides is 1. The van der Waals surface area contributed by atoms with E-state index >= 15 is 0 Å². The van der Waals surface area contributed by atoms with Gasteiger partial charge in [-0.2, -0.15) is 16.9 Å². The fraction of sp³-hybridized carbons (Fsp3) is 0.545. The van der Waals surface area contributed by atoms with Crippen LogP contribution in [0.25, 0.3) is 0 Å². The van der Waals surface area contributed by atoms with Gasteiger partial charge in [0.05, 0.1) is 22.8 Å². The third-order valence-electron chi connectivity index (χ3n) is 2.52. The van der Waals surface area contributed by atoms with E-state index in [1.165, 1.54) is 11.8 Å². The Morgan fingerprint density at radius 1 is 1.53 bits per heavy atom. The average Bonchev–Trinajstić information content (AvgIpc) is 2.66. The van der Waals surface area contributed by atoms with Gasteiger partial charge in [-0.15, -0.1) is 0 Å². The van der Waals surface area contributed by atoms with E-state index in [9.17, 15) is 9.59 Å². The maximum atomic E-state index is 11.7. The Morgan fingerprint density at radius 2 is 2.21 bits per heavy atom. The maximum Gasteiger partial charge on any atom is 0.320 e. The van der Waals surface area contributed by atoms with E-state index in [1.54, 1.807) is 6.92 Å². The predicted octanol–water partition coefficient (Wildman–Crippen LogP) is 0.500. The molecule has 0 aliphatic heterocycles. The summed E-state index contributed by atoms with van der Waals surface area (Å²) in [6.45, 7) is 3.63. The molecule has 1 unspecified atom stereocenters. The van der Waals surface area contributed by atoms with Crippen LogP contribution in [0.2, 0.25) is 0 Å². The van der Waals surface area contributed by atoms with Gasteiger partial charge in [-0.25, -0.2) is 0 Å². The largest absolute Gasteiger partial charge is 0.480 e. The zero-order valence-corrected chi connectivity index (χ0v) is 11.7. The summed E-state index contributed by atoms with van der Waals surface area (Å²) >= 11 is 1.35. The minimum absolute atomic E-state index is 0.138. The number of aliphatic carboxylic acids is 1. The molecule has 1 aromatic heterocycles. The van der Waals surface area contributed by atoms with Crippen LogP contribution in [-0.2, 0) is 9.59 Å².